The summed E-state index contributed by atoms with van der Waals surface area (Å²) >= 11 is 1.43. The minimum atomic E-state index is -3.52. The van der Waals surface area contributed by atoms with E-state index < -0.39 is 32.9 Å². The summed E-state index contributed by atoms with van der Waals surface area (Å²) in [4.78, 5) is 25.4. The van der Waals surface area contributed by atoms with Crippen molar-refractivity contribution in [2.24, 2.45) is 5.92 Å². The van der Waals surface area contributed by atoms with Gasteiger partial charge >= 0.3 is 0 Å². The van der Waals surface area contributed by atoms with Gasteiger partial charge in [-0.15, -0.1) is 11.8 Å². The number of carbonyl (C=O) groups is 2. The van der Waals surface area contributed by atoms with E-state index in [1.54, 1.807) is 12.1 Å². The monoisotopic (exact) mass is 469 g/mol. The number of rotatable bonds is 9. The van der Waals surface area contributed by atoms with Gasteiger partial charge in [0.25, 0.3) is 0 Å². The minimum Gasteiger partial charge on any atom is -0.508 e. The molecule has 10 heteroatoms. The average molecular weight is 470 g/mol. The second-order valence-corrected chi connectivity index (χ2v) is 11.6. The molecular formula is C21H31N3O5S2. The molecule has 8 nitrogen and oxygen atoms in total. The Hall–Kier alpha value is -1.78. The van der Waals surface area contributed by atoms with E-state index in [1.165, 1.54) is 23.9 Å². The molecule has 1 aliphatic carbocycles. The van der Waals surface area contributed by atoms with E-state index in [2.05, 4.69) is 16.0 Å². The van der Waals surface area contributed by atoms with E-state index in [0.29, 0.717) is 6.54 Å². The summed E-state index contributed by atoms with van der Waals surface area (Å²) in [6.45, 7) is 0.866. The number of sulfone groups is 1. The maximum Gasteiger partial charge on any atom is 0.248 e. The molecule has 1 heterocycles. The van der Waals surface area contributed by atoms with Crippen LogP contribution in [0.5, 0.6) is 5.75 Å². The van der Waals surface area contributed by atoms with Gasteiger partial charge in [-0.05, 0) is 36.5 Å². The third kappa shape index (κ3) is 7.69. The van der Waals surface area contributed by atoms with Gasteiger partial charge < -0.3 is 15.7 Å². The lowest BCUT2D eigenvalue weighted by atomic mass is 9.91. The number of hydrogen-bond donors (Lipinski definition) is 4. The van der Waals surface area contributed by atoms with Crippen LogP contribution in [0.2, 0.25) is 0 Å². The molecule has 1 saturated heterocycles. The van der Waals surface area contributed by atoms with Crippen molar-refractivity contribution >= 4 is 33.4 Å². The lowest BCUT2D eigenvalue weighted by Gasteiger charge is -2.24. The summed E-state index contributed by atoms with van der Waals surface area (Å²) in [5.74, 6) is -0.222. The summed E-state index contributed by atoms with van der Waals surface area (Å²) in [5, 5.41) is 17.3. The standard InChI is InChI=1S/C21H31N3O5S2/c25-17-8-6-15(7-9-17)12-23-19(26)18(24-20(27)21-22-10-11-30-21)14-31(28,29)13-16-4-2-1-3-5-16/h6-9,16,18,21-22,25H,1-5,10-14H2,(H,23,26)(H,24,27)/t18-,21?/m0/s1. The number of phenolic OH excluding ortho intramolecular Hbond substituents is 1. The first-order chi connectivity index (χ1) is 14.8. The van der Waals surface area contributed by atoms with Crippen LogP contribution in [0, 0.1) is 5.92 Å². The Morgan fingerprint density at radius 3 is 2.52 bits per heavy atom. The van der Waals surface area contributed by atoms with Gasteiger partial charge in [-0.25, -0.2) is 8.42 Å². The Bertz CT molecular complexity index is 848. The Morgan fingerprint density at radius 2 is 1.87 bits per heavy atom. The zero-order valence-corrected chi connectivity index (χ0v) is 19.1. The molecule has 0 bridgehead atoms. The van der Waals surface area contributed by atoms with Gasteiger partial charge in [0.15, 0.2) is 9.84 Å². The van der Waals surface area contributed by atoms with E-state index >= 15 is 0 Å². The number of hydrogen-bond acceptors (Lipinski definition) is 7. The van der Waals surface area contributed by atoms with E-state index in [4.69, 9.17) is 0 Å². The molecule has 1 aliphatic heterocycles. The highest BCUT2D eigenvalue weighted by atomic mass is 32.2. The molecule has 31 heavy (non-hydrogen) atoms. The molecule has 0 spiro atoms. The summed E-state index contributed by atoms with van der Waals surface area (Å²) in [6.07, 6.45) is 5.01. The van der Waals surface area contributed by atoms with Crippen LogP contribution in [-0.2, 0) is 26.0 Å². The minimum absolute atomic E-state index is 0.0566. The van der Waals surface area contributed by atoms with Crippen molar-refractivity contribution in [1.82, 2.24) is 16.0 Å². The van der Waals surface area contributed by atoms with Crippen molar-refractivity contribution in [2.75, 3.05) is 23.8 Å². The number of amides is 2. The molecule has 2 fully saturated rings. The van der Waals surface area contributed by atoms with Crippen LogP contribution in [-0.4, -0.2) is 60.6 Å². The highest BCUT2D eigenvalue weighted by Crippen LogP contribution is 2.25. The van der Waals surface area contributed by atoms with E-state index in [-0.39, 0.29) is 29.9 Å². The van der Waals surface area contributed by atoms with Gasteiger partial charge in [-0.3, -0.25) is 14.9 Å². The van der Waals surface area contributed by atoms with Gasteiger partial charge in [0.05, 0.1) is 11.5 Å². The number of benzene rings is 1. The second kappa shape index (κ2) is 11.2. The van der Waals surface area contributed by atoms with Crippen molar-refractivity contribution < 1.29 is 23.1 Å². The first-order valence-corrected chi connectivity index (χ1v) is 13.6. The fourth-order valence-electron chi connectivity index (χ4n) is 3.99. The van der Waals surface area contributed by atoms with Crippen molar-refractivity contribution in [2.45, 2.75) is 50.1 Å². The molecule has 2 atom stereocenters. The number of thioether (sulfide) groups is 1. The molecule has 1 aromatic rings. The van der Waals surface area contributed by atoms with Crippen LogP contribution >= 0.6 is 11.8 Å². The highest BCUT2D eigenvalue weighted by Gasteiger charge is 2.32. The van der Waals surface area contributed by atoms with Crippen molar-refractivity contribution in [3.8, 4) is 5.75 Å². The van der Waals surface area contributed by atoms with Crippen LogP contribution < -0.4 is 16.0 Å². The Balaban J connectivity index is 1.64. The number of carbonyl (C=O) groups excluding carboxylic acids is 2. The molecule has 1 unspecified atom stereocenters. The van der Waals surface area contributed by atoms with Crippen molar-refractivity contribution in [3.63, 3.8) is 0 Å². The lowest BCUT2D eigenvalue weighted by molar-refractivity contribution is -0.128. The maximum atomic E-state index is 12.8. The number of phenols is 1. The Labute approximate surface area is 187 Å². The molecule has 1 saturated carbocycles. The molecule has 0 aromatic heterocycles. The van der Waals surface area contributed by atoms with Crippen LogP contribution in [0.15, 0.2) is 24.3 Å². The fraction of sp³-hybridized carbons (Fsp3) is 0.619. The summed E-state index contributed by atoms with van der Waals surface area (Å²) in [7, 11) is -3.52. The predicted octanol–water partition coefficient (Wildman–Crippen LogP) is 1.15. The van der Waals surface area contributed by atoms with Gasteiger partial charge in [0.1, 0.15) is 17.2 Å². The van der Waals surface area contributed by atoms with E-state index in [1.807, 2.05) is 0 Å². The Kier molecular flexibility index (Phi) is 8.62. The first kappa shape index (κ1) is 23.9. The van der Waals surface area contributed by atoms with Crippen molar-refractivity contribution in [3.05, 3.63) is 29.8 Å². The molecule has 0 radical (unpaired) electrons. The predicted molar refractivity (Wildman–Crippen MR) is 121 cm³/mol. The quantitative estimate of drug-likeness (QED) is 0.428. The normalized spacial score (nSPS) is 20.8. The maximum absolute atomic E-state index is 12.8. The summed E-state index contributed by atoms with van der Waals surface area (Å²) < 4.78 is 25.7. The third-order valence-corrected chi connectivity index (χ3v) is 8.60. The van der Waals surface area contributed by atoms with Gasteiger partial charge in [-0.1, -0.05) is 31.4 Å². The van der Waals surface area contributed by atoms with E-state index in [9.17, 15) is 23.1 Å². The third-order valence-electron chi connectivity index (χ3n) is 5.63. The topological polar surface area (TPSA) is 125 Å². The van der Waals surface area contributed by atoms with Crippen LogP contribution in [0.1, 0.15) is 37.7 Å². The smallest absolute Gasteiger partial charge is 0.248 e. The largest absolute Gasteiger partial charge is 0.508 e. The molecule has 2 aliphatic rings. The molecule has 2 amide bonds. The van der Waals surface area contributed by atoms with E-state index in [0.717, 1.165) is 43.4 Å². The van der Waals surface area contributed by atoms with Gasteiger partial charge in [0.2, 0.25) is 11.8 Å². The highest BCUT2D eigenvalue weighted by molar-refractivity contribution is 8.00. The molecule has 4 N–H and O–H groups in total. The average Bonchev–Trinajstić information content (AvgIpc) is 3.28. The van der Waals surface area contributed by atoms with Gasteiger partial charge in [-0.2, -0.15) is 0 Å². The zero-order chi connectivity index (χ0) is 22.3. The van der Waals surface area contributed by atoms with Gasteiger partial charge in [0, 0.05) is 18.8 Å². The first-order valence-electron chi connectivity index (χ1n) is 10.7. The molecule has 172 valence electrons. The fourth-order valence-corrected chi connectivity index (χ4v) is 6.84. The van der Waals surface area contributed by atoms with Crippen LogP contribution in [0.25, 0.3) is 0 Å². The molecule has 3 rings (SSSR count). The van der Waals surface area contributed by atoms with Crippen LogP contribution in [0.4, 0.5) is 0 Å². The summed E-state index contributed by atoms with van der Waals surface area (Å²) in [5.41, 5.74) is 0.759. The van der Waals surface area contributed by atoms with Crippen molar-refractivity contribution in [1.29, 1.82) is 0 Å². The number of aromatic hydroxyl groups is 1. The zero-order valence-electron chi connectivity index (χ0n) is 17.5. The second-order valence-electron chi connectivity index (χ2n) is 8.23. The SMILES string of the molecule is O=C(N[C@@H](CS(=O)(=O)CC1CCCCC1)C(=O)NCc1ccc(O)cc1)C1NCCS1. The lowest BCUT2D eigenvalue weighted by Crippen LogP contribution is -2.53. The Morgan fingerprint density at radius 1 is 1.16 bits per heavy atom. The summed E-state index contributed by atoms with van der Waals surface area (Å²) in [6, 6.07) is 5.21. The molecular weight excluding hydrogens is 438 g/mol. The van der Waals surface area contributed by atoms with Crippen LogP contribution in [0.3, 0.4) is 0 Å². The molecule has 1 aromatic carbocycles. The number of nitrogens with one attached hydrogen (secondary N) is 3.